The van der Waals surface area contributed by atoms with E-state index in [9.17, 15) is 28.1 Å². The minimum absolute atomic E-state index is 0.383. The number of nitro benzene ring substituents is 1. The standard InChI is InChI=1S/C10H6F3NO5/c11-6-3-5(1-2-9(15)16)7(14(17)18)4-8(6)19-10(12)13/h1-4,10H,(H,15,16)/b2-1+. The number of nitro groups is 1. The summed E-state index contributed by atoms with van der Waals surface area (Å²) in [6, 6.07) is 0.998. The van der Waals surface area contributed by atoms with Gasteiger partial charge in [-0.3, -0.25) is 10.1 Å². The monoisotopic (exact) mass is 277 g/mol. The predicted molar refractivity (Wildman–Crippen MR) is 56.4 cm³/mol. The molecule has 0 saturated heterocycles. The number of carboxylic acid groups (broad SMARTS) is 1. The molecule has 0 aliphatic heterocycles. The van der Waals surface area contributed by atoms with Crippen molar-refractivity contribution in [2.75, 3.05) is 0 Å². The second kappa shape index (κ2) is 5.85. The van der Waals surface area contributed by atoms with E-state index >= 15 is 0 Å². The number of carbonyl (C=O) groups is 1. The first-order chi connectivity index (χ1) is 8.81. The fraction of sp³-hybridized carbons (Fsp3) is 0.100. The van der Waals surface area contributed by atoms with Crippen molar-refractivity contribution in [3.63, 3.8) is 0 Å². The van der Waals surface area contributed by atoms with Crippen molar-refractivity contribution < 1.29 is 32.7 Å². The zero-order chi connectivity index (χ0) is 14.6. The fourth-order valence-electron chi connectivity index (χ4n) is 1.20. The molecule has 1 N–H and O–H groups in total. The van der Waals surface area contributed by atoms with Gasteiger partial charge in [-0.2, -0.15) is 8.78 Å². The van der Waals surface area contributed by atoms with Crippen LogP contribution in [0.4, 0.5) is 18.9 Å². The number of hydrogen-bond donors (Lipinski definition) is 1. The highest BCUT2D eigenvalue weighted by molar-refractivity contribution is 5.86. The fourth-order valence-corrected chi connectivity index (χ4v) is 1.20. The SMILES string of the molecule is O=C(O)/C=C/c1cc(F)c(OC(F)F)cc1[N+](=O)[O-]. The van der Waals surface area contributed by atoms with Gasteiger partial charge in [0.2, 0.25) is 0 Å². The number of benzene rings is 1. The van der Waals surface area contributed by atoms with Gasteiger partial charge in [0, 0.05) is 6.08 Å². The van der Waals surface area contributed by atoms with E-state index in [0.29, 0.717) is 18.2 Å². The van der Waals surface area contributed by atoms with Gasteiger partial charge in [-0.05, 0) is 12.1 Å². The minimum atomic E-state index is -3.34. The van der Waals surface area contributed by atoms with Crippen molar-refractivity contribution in [2.45, 2.75) is 6.61 Å². The molecule has 1 aromatic carbocycles. The lowest BCUT2D eigenvalue weighted by atomic mass is 10.1. The lowest BCUT2D eigenvalue weighted by Crippen LogP contribution is -2.05. The Hall–Kier alpha value is -2.58. The molecule has 0 saturated carbocycles. The Labute approximate surface area is 103 Å². The molecule has 0 amide bonds. The van der Waals surface area contributed by atoms with E-state index in [1.807, 2.05) is 0 Å². The summed E-state index contributed by atoms with van der Waals surface area (Å²) >= 11 is 0. The maximum absolute atomic E-state index is 13.3. The van der Waals surface area contributed by atoms with Crippen LogP contribution < -0.4 is 4.74 Å². The molecule has 0 heterocycles. The number of aliphatic carboxylic acids is 1. The molecule has 6 nitrogen and oxygen atoms in total. The molecule has 0 aliphatic carbocycles. The summed E-state index contributed by atoms with van der Waals surface area (Å²) < 4.78 is 41.0. The van der Waals surface area contributed by atoms with Gasteiger partial charge >= 0.3 is 12.6 Å². The van der Waals surface area contributed by atoms with E-state index in [1.54, 1.807) is 0 Å². The molecule has 0 radical (unpaired) electrons. The highest BCUT2D eigenvalue weighted by Crippen LogP contribution is 2.29. The van der Waals surface area contributed by atoms with E-state index < -0.39 is 34.8 Å². The molecule has 0 atom stereocenters. The van der Waals surface area contributed by atoms with Gasteiger partial charge in [0.15, 0.2) is 11.6 Å². The number of carboxylic acids is 1. The number of halogens is 3. The summed E-state index contributed by atoms with van der Waals surface area (Å²) in [5.41, 5.74) is -1.14. The summed E-state index contributed by atoms with van der Waals surface area (Å²) in [5, 5.41) is 19.0. The lowest BCUT2D eigenvalue weighted by Gasteiger charge is -2.06. The van der Waals surface area contributed by atoms with Crippen molar-refractivity contribution in [1.82, 2.24) is 0 Å². The Bertz CT molecular complexity index is 544. The van der Waals surface area contributed by atoms with Gasteiger partial charge in [-0.1, -0.05) is 0 Å². The Kier molecular flexibility index (Phi) is 4.46. The minimum Gasteiger partial charge on any atom is -0.478 e. The predicted octanol–water partition coefficient (Wildman–Crippen LogP) is 2.43. The molecule has 1 rings (SSSR count). The topological polar surface area (TPSA) is 89.7 Å². The van der Waals surface area contributed by atoms with Crippen molar-refractivity contribution in [2.24, 2.45) is 0 Å². The van der Waals surface area contributed by atoms with Crippen LogP contribution in [0.15, 0.2) is 18.2 Å². The largest absolute Gasteiger partial charge is 0.478 e. The van der Waals surface area contributed by atoms with Crippen LogP contribution in [0, 0.1) is 15.9 Å². The molecule has 0 aromatic heterocycles. The normalized spacial score (nSPS) is 10.9. The molecular weight excluding hydrogens is 271 g/mol. The second-order valence-electron chi connectivity index (χ2n) is 3.15. The Morgan fingerprint density at radius 3 is 2.58 bits per heavy atom. The van der Waals surface area contributed by atoms with Crippen LogP contribution in [0.5, 0.6) is 5.75 Å². The first-order valence-corrected chi connectivity index (χ1v) is 4.65. The summed E-state index contributed by atoms with van der Waals surface area (Å²) in [7, 11) is 0. The summed E-state index contributed by atoms with van der Waals surface area (Å²) in [6.07, 6.45) is 1.32. The molecule has 0 aliphatic rings. The first kappa shape index (κ1) is 14.5. The number of ether oxygens (including phenoxy) is 1. The van der Waals surface area contributed by atoms with Crippen LogP contribution in [0.3, 0.4) is 0 Å². The van der Waals surface area contributed by atoms with Crippen molar-refractivity contribution in [3.05, 3.63) is 39.7 Å². The number of hydrogen-bond acceptors (Lipinski definition) is 4. The molecule has 9 heteroatoms. The van der Waals surface area contributed by atoms with Gasteiger partial charge in [0.05, 0.1) is 16.6 Å². The zero-order valence-electron chi connectivity index (χ0n) is 9.05. The van der Waals surface area contributed by atoms with Crippen LogP contribution in [-0.4, -0.2) is 22.6 Å². The Morgan fingerprint density at radius 1 is 1.47 bits per heavy atom. The first-order valence-electron chi connectivity index (χ1n) is 4.65. The third-order valence-electron chi connectivity index (χ3n) is 1.90. The zero-order valence-corrected chi connectivity index (χ0v) is 9.05. The van der Waals surface area contributed by atoms with E-state index in [-0.39, 0.29) is 5.56 Å². The molecule has 1 aromatic rings. The number of nitrogens with zero attached hydrogens (tertiary/aromatic N) is 1. The van der Waals surface area contributed by atoms with Gasteiger partial charge in [-0.15, -0.1) is 0 Å². The third kappa shape index (κ3) is 3.98. The van der Waals surface area contributed by atoms with E-state index in [0.717, 1.165) is 6.08 Å². The van der Waals surface area contributed by atoms with Crippen LogP contribution in [0.25, 0.3) is 6.08 Å². The molecule has 0 fully saturated rings. The van der Waals surface area contributed by atoms with Gasteiger partial charge in [0.1, 0.15) is 0 Å². The molecule has 0 unspecified atom stereocenters. The maximum Gasteiger partial charge on any atom is 0.387 e. The van der Waals surface area contributed by atoms with Gasteiger partial charge in [0.25, 0.3) is 5.69 Å². The van der Waals surface area contributed by atoms with Crippen molar-refractivity contribution in [3.8, 4) is 5.75 Å². The molecule has 102 valence electrons. The van der Waals surface area contributed by atoms with E-state index in [1.165, 1.54) is 0 Å². The summed E-state index contributed by atoms with van der Waals surface area (Å²) in [6.45, 7) is -3.34. The number of alkyl halides is 2. The summed E-state index contributed by atoms with van der Waals surface area (Å²) in [5.74, 6) is -3.66. The van der Waals surface area contributed by atoms with Crippen LogP contribution >= 0.6 is 0 Å². The molecular formula is C10H6F3NO5. The number of rotatable bonds is 5. The quantitative estimate of drug-likeness (QED) is 0.507. The third-order valence-corrected chi connectivity index (χ3v) is 1.90. The van der Waals surface area contributed by atoms with Crippen LogP contribution in [0.1, 0.15) is 5.56 Å². The molecule has 19 heavy (non-hydrogen) atoms. The van der Waals surface area contributed by atoms with Gasteiger partial charge < -0.3 is 9.84 Å². The average Bonchev–Trinajstić information content (AvgIpc) is 2.28. The van der Waals surface area contributed by atoms with Crippen molar-refractivity contribution >= 4 is 17.7 Å². The highest BCUT2D eigenvalue weighted by atomic mass is 19.3. The average molecular weight is 277 g/mol. The van der Waals surface area contributed by atoms with Crippen LogP contribution in [-0.2, 0) is 4.79 Å². The molecule has 0 bridgehead atoms. The lowest BCUT2D eigenvalue weighted by molar-refractivity contribution is -0.385. The Morgan fingerprint density at radius 2 is 2.11 bits per heavy atom. The smallest absolute Gasteiger partial charge is 0.387 e. The van der Waals surface area contributed by atoms with E-state index in [2.05, 4.69) is 4.74 Å². The summed E-state index contributed by atoms with van der Waals surface area (Å²) in [4.78, 5) is 20.0. The van der Waals surface area contributed by atoms with E-state index in [4.69, 9.17) is 5.11 Å². The molecule has 0 spiro atoms. The Balaban J connectivity index is 3.28. The maximum atomic E-state index is 13.3. The van der Waals surface area contributed by atoms with Crippen molar-refractivity contribution in [1.29, 1.82) is 0 Å². The highest BCUT2D eigenvalue weighted by Gasteiger charge is 2.20. The van der Waals surface area contributed by atoms with Crippen LogP contribution in [0.2, 0.25) is 0 Å². The second-order valence-corrected chi connectivity index (χ2v) is 3.15. The van der Waals surface area contributed by atoms with Gasteiger partial charge in [-0.25, -0.2) is 9.18 Å².